The molecule has 0 fully saturated rings. The van der Waals surface area contributed by atoms with Crippen LogP contribution in [0.1, 0.15) is 38.4 Å². The Labute approximate surface area is 90.5 Å². The molecule has 0 aliphatic heterocycles. The molecule has 0 bridgehead atoms. The average molecular weight is 209 g/mol. The van der Waals surface area contributed by atoms with E-state index in [0.29, 0.717) is 25.4 Å². The molecule has 4 heteroatoms. The van der Waals surface area contributed by atoms with Crippen molar-refractivity contribution in [3.63, 3.8) is 0 Å². The number of hydrogen-bond donors (Lipinski definition) is 1. The van der Waals surface area contributed by atoms with Crippen molar-refractivity contribution in [2.45, 2.75) is 39.2 Å². The van der Waals surface area contributed by atoms with Gasteiger partial charge in [0.2, 0.25) is 0 Å². The number of aromatic nitrogens is 2. The second-order valence-electron chi connectivity index (χ2n) is 3.80. The van der Waals surface area contributed by atoms with Gasteiger partial charge in [-0.05, 0) is 26.0 Å². The van der Waals surface area contributed by atoms with Crippen LogP contribution in [0.3, 0.4) is 0 Å². The Bertz CT molecular complexity index is 319. The Morgan fingerprint density at radius 1 is 1.67 bits per heavy atom. The highest BCUT2D eigenvalue weighted by molar-refractivity contribution is 5.80. The van der Waals surface area contributed by atoms with E-state index < -0.39 is 0 Å². The molecule has 0 radical (unpaired) electrons. The van der Waals surface area contributed by atoms with Crippen molar-refractivity contribution >= 4 is 5.78 Å². The lowest BCUT2D eigenvalue weighted by atomic mass is 10.2. The van der Waals surface area contributed by atoms with E-state index in [1.165, 1.54) is 0 Å². The van der Waals surface area contributed by atoms with E-state index >= 15 is 0 Å². The zero-order valence-electron chi connectivity index (χ0n) is 9.44. The predicted octanol–water partition coefficient (Wildman–Crippen LogP) is 1.31. The van der Waals surface area contributed by atoms with Gasteiger partial charge in [0.05, 0.1) is 12.1 Å². The molecule has 0 aliphatic rings. The molecule has 0 aliphatic carbocycles. The lowest BCUT2D eigenvalue weighted by Gasteiger charge is -2.07. The minimum Gasteiger partial charge on any atom is -0.330 e. The summed E-state index contributed by atoms with van der Waals surface area (Å²) < 4.78 is 1.91. The van der Waals surface area contributed by atoms with Crippen LogP contribution >= 0.6 is 0 Å². The Morgan fingerprint density at radius 2 is 2.40 bits per heavy atom. The van der Waals surface area contributed by atoms with E-state index in [0.717, 1.165) is 12.1 Å². The number of Topliss-reactive ketones (excluding diaryl/α,β-unsaturated/α-hetero) is 1. The maximum absolute atomic E-state index is 11.3. The van der Waals surface area contributed by atoms with Crippen LogP contribution in [0.25, 0.3) is 0 Å². The average Bonchev–Trinajstić information content (AvgIpc) is 2.65. The lowest BCUT2D eigenvalue weighted by molar-refractivity contribution is -0.118. The molecule has 1 aromatic rings. The molecule has 0 spiro atoms. The second-order valence-corrected chi connectivity index (χ2v) is 3.80. The third-order valence-corrected chi connectivity index (χ3v) is 2.51. The van der Waals surface area contributed by atoms with Crippen LogP contribution in [0.4, 0.5) is 0 Å². The SMILES string of the molecule is CCC(C)n1ccc(CC(=O)CCN)n1. The highest BCUT2D eigenvalue weighted by Gasteiger charge is 2.07. The van der Waals surface area contributed by atoms with Gasteiger partial charge in [0, 0.05) is 18.7 Å². The van der Waals surface area contributed by atoms with Gasteiger partial charge >= 0.3 is 0 Å². The van der Waals surface area contributed by atoms with Crippen LogP contribution < -0.4 is 5.73 Å². The number of ketones is 1. The Balaban J connectivity index is 2.56. The third-order valence-electron chi connectivity index (χ3n) is 2.51. The Kier molecular flexibility index (Phi) is 4.49. The van der Waals surface area contributed by atoms with Crippen molar-refractivity contribution in [3.8, 4) is 0 Å². The number of carbonyl (C=O) groups excluding carboxylic acids is 1. The number of nitrogens with zero attached hydrogens (tertiary/aromatic N) is 2. The Hall–Kier alpha value is -1.16. The fourth-order valence-corrected chi connectivity index (χ4v) is 1.36. The van der Waals surface area contributed by atoms with E-state index in [9.17, 15) is 4.79 Å². The maximum atomic E-state index is 11.3. The van der Waals surface area contributed by atoms with Crippen LogP contribution in [-0.2, 0) is 11.2 Å². The standard InChI is InChI=1S/C11H19N3O/c1-3-9(2)14-7-5-10(13-14)8-11(15)4-6-12/h5,7,9H,3-4,6,8,12H2,1-2H3. The highest BCUT2D eigenvalue weighted by Crippen LogP contribution is 2.09. The summed E-state index contributed by atoms with van der Waals surface area (Å²) in [6.45, 7) is 4.65. The smallest absolute Gasteiger partial charge is 0.140 e. The molecule has 1 aromatic heterocycles. The van der Waals surface area contributed by atoms with Crippen molar-refractivity contribution < 1.29 is 4.79 Å². The first-order valence-electron chi connectivity index (χ1n) is 5.43. The fourth-order valence-electron chi connectivity index (χ4n) is 1.36. The van der Waals surface area contributed by atoms with Gasteiger partial charge in [0.25, 0.3) is 0 Å². The molecule has 0 saturated carbocycles. The largest absolute Gasteiger partial charge is 0.330 e. The molecule has 0 saturated heterocycles. The van der Waals surface area contributed by atoms with E-state index in [4.69, 9.17) is 5.73 Å². The molecule has 15 heavy (non-hydrogen) atoms. The van der Waals surface area contributed by atoms with Crippen molar-refractivity contribution in [1.29, 1.82) is 0 Å². The van der Waals surface area contributed by atoms with E-state index in [-0.39, 0.29) is 5.78 Å². The second kappa shape index (κ2) is 5.66. The lowest BCUT2D eigenvalue weighted by Crippen LogP contribution is -2.11. The van der Waals surface area contributed by atoms with Gasteiger partial charge in [0.15, 0.2) is 0 Å². The summed E-state index contributed by atoms with van der Waals surface area (Å²) in [5, 5.41) is 4.36. The third kappa shape index (κ3) is 3.47. The monoisotopic (exact) mass is 209 g/mol. The van der Waals surface area contributed by atoms with E-state index in [2.05, 4.69) is 18.9 Å². The molecular formula is C11H19N3O. The summed E-state index contributed by atoms with van der Waals surface area (Å²) in [6.07, 6.45) is 3.81. The molecule has 1 rings (SSSR count). The molecule has 1 atom stereocenters. The highest BCUT2D eigenvalue weighted by atomic mass is 16.1. The fraction of sp³-hybridized carbons (Fsp3) is 0.636. The summed E-state index contributed by atoms with van der Waals surface area (Å²) in [7, 11) is 0. The minimum atomic E-state index is 0.159. The van der Waals surface area contributed by atoms with Gasteiger partial charge in [-0.3, -0.25) is 9.48 Å². The molecular weight excluding hydrogens is 190 g/mol. The van der Waals surface area contributed by atoms with Gasteiger partial charge in [-0.25, -0.2) is 0 Å². The first kappa shape index (κ1) is 11.9. The molecule has 0 amide bonds. The van der Waals surface area contributed by atoms with Crippen LogP contribution in [0.15, 0.2) is 12.3 Å². The van der Waals surface area contributed by atoms with Crippen molar-refractivity contribution in [2.75, 3.05) is 6.54 Å². The van der Waals surface area contributed by atoms with Crippen molar-refractivity contribution in [2.24, 2.45) is 5.73 Å². The van der Waals surface area contributed by atoms with Gasteiger partial charge in [-0.15, -0.1) is 0 Å². The molecule has 1 heterocycles. The molecule has 2 N–H and O–H groups in total. The van der Waals surface area contributed by atoms with Gasteiger partial charge in [0.1, 0.15) is 5.78 Å². The van der Waals surface area contributed by atoms with E-state index in [1.54, 1.807) is 0 Å². The summed E-state index contributed by atoms with van der Waals surface area (Å²) >= 11 is 0. The van der Waals surface area contributed by atoms with Crippen LogP contribution in [0.5, 0.6) is 0 Å². The number of carbonyl (C=O) groups is 1. The van der Waals surface area contributed by atoms with E-state index in [1.807, 2.05) is 16.9 Å². The van der Waals surface area contributed by atoms with Gasteiger partial charge in [-0.2, -0.15) is 5.10 Å². The Morgan fingerprint density at radius 3 is 3.00 bits per heavy atom. The topological polar surface area (TPSA) is 60.9 Å². The summed E-state index contributed by atoms with van der Waals surface area (Å²) in [5.74, 6) is 0.159. The van der Waals surface area contributed by atoms with Crippen molar-refractivity contribution in [1.82, 2.24) is 9.78 Å². The predicted molar refractivity (Wildman–Crippen MR) is 59.6 cm³/mol. The van der Waals surface area contributed by atoms with Crippen LogP contribution in [0, 0.1) is 0 Å². The summed E-state index contributed by atoms with van der Waals surface area (Å²) in [5.41, 5.74) is 6.15. The quantitative estimate of drug-likeness (QED) is 0.768. The van der Waals surface area contributed by atoms with Crippen molar-refractivity contribution in [3.05, 3.63) is 18.0 Å². The molecule has 84 valence electrons. The normalized spacial score (nSPS) is 12.7. The summed E-state index contributed by atoms with van der Waals surface area (Å²) in [4.78, 5) is 11.3. The van der Waals surface area contributed by atoms with Crippen LogP contribution in [0.2, 0.25) is 0 Å². The zero-order valence-corrected chi connectivity index (χ0v) is 9.44. The number of nitrogens with two attached hydrogens (primary N) is 1. The maximum Gasteiger partial charge on any atom is 0.140 e. The number of hydrogen-bond acceptors (Lipinski definition) is 3. The number of rotatable bonds is 6. The van der Waals surface area contributed by atoms with Gasteiger partial charge < -0.3 is 5.73 Å². The zero-order chi connectivity index (χ0) is 11.3. The molecule has 0 aromatic carbocycles. The van der Waals surface area contributed by atoms with Gasteiger partial charge in [-0.1, -0.05) is 6.92 Å². The minimum absolute atomic E-state index is 0.159. The molecule has 1 unspecified atom stereocenters. The first-order valence-corrected chi connectivity index (χ1v) is 5.43. The first-order chi connectivity index (χ1) is 7.17. The summed E-state index contributed by atoms with van der Waals surface area (Å²) in [6, 6.07) is 2.30. The molecule has 4 nitrogen and oxygen atoms in total. The van der Waals surface area contributed by atoms with Crippen LogP contribution in [-0.4, -0.2) is 22.1 Å².